The number of benzene rings is 1. The first-order valence-corrected chi connectivity index (χ1v) is 19.5. The van der Waals surface area contributed by atoms with Gasteiger partial charge in [-0.25, -0.2) is 9.97 Å². The van der Waals surface area contributed by atoms with Crippen LogP contribution in [0, 0.1) is 17.8 Å². The highest BCUT2D eigenvalue weighted by molar-refractivity contribution is 6.17. The van der Waals surface area contributed by atoms with Gasteiger partial charge in [0.05, 0.1) is 117 Å². The Labute approximate surface area is 344 Å². The quantitative estimate of drug-likeness (QED) is 0.0241. The van der Waals surface area contributed by atoms with Gasteiger partial charge in [-0.15, -0.1) is 6.42 Å². The van der Waals surface area contributed by atoms with Crippen molar-refractivity contribution in [2.45, 2.75) is 25.7 Å². The molecule has 0 bridgehead atoms. The average molecular weight is 831 g/mol. The van der Waals surface area contributed by atoms with Crippen molar-refractivity contribution in [1.29, 1.82) is 5.41 Å². The second-order valence-corrected chi connectivity index (χ2v) is 12.3. The van der Waals surface area contributed by atoms with Crippen molar-refractivity contribution < 1.29 is 56.6 Å². The van der Waals surface area contributed by atoms with E-state index in [1.165, 1.54) is 6.33 Å². The van der Waals surface area contributed by atoms with E-state index in [9.17, 15) is 9.59 Å². The van der Waals surface area contributed by atoms with Gasteiger partial charge in [0.2, 0.25) is 5.91 Å². The number of fused-ring (bicyclic) bond motifs is 1. The Morgan fingerprint density at radius 3 is 1.92 bits per heavy atom. The summed E-state index contributed by atoms with van der Waals surface area (Å²) in [6.45, 7) is 7.13. The van der Waals surface area contributed by atoms with E-state index in [0.717, 1.165) is 12.8 Å². The van der Waals surface area contributed by atoms with Gasteiger partial charge < -0.3 is 69.1 Å². The Morgan fingerprint density at radius 1 is 0.729 bits per heavy atom. The van der Waals surface area contributed by atoms with Crippen LogP contribution in [0.1, 0.15) is 36.8 Å². The van der Waals surface area contributed by atoms with Crippen molar-refractivity contribution in [1.82, 2.24) is 20.3 Å². The molecule has 20 heteroatoms. The van der Waals surface area contributed by atoms with Gasteiger partial charge in [0.15, 0.2) is 5.58 Å². The lowest BCUT2D eigenvalue weighted by atomic mass is 10.0. The Balaban J connectivity index is 1.04. The summed E-state index contributed by atoms with van der Waals surface area (Å²) in [5, 5.41) is 14.9. The normalized spacial score (nSPS) is 11.1. The van der Waals surface area contributed by atoms with Crippen LogP contribution in [-0.4, -0.2) is 158 Å². The molecule has 3 rings (SSSR count). The minimum Gasteiger partial charge on any atom is -0.463 e. The largest absolute Gasteiger partial charge is 0.463 e. The number of nitrogens with two attached hydrogens (primary N) is 2. The van der Waals surface area contributed by atoms with E-state index < -0.39 is 0 Å². The van der Waals surface area contributed by atoms with Gasteiger partial charge in [0.25, 0.3) is 6.01 Å². The predicted molar refractivity (Wildman–Crippen MR) is 217 cm³/mol. The van der Waals surface area contributed by atoms with E-state index in [0.29, 0.717) is 120 Å². The number of terminal acetylenes is 1. The number of carbonyl (C=O) groups is 2. The average Bonchev–Trinajstić information content (AvgIpc) is 3.61. The van der Waals surface area contributed by atoms with Crippen LogP contribution in [0.5, 0.6) is 0 Å². The summed E-state index contributed by atoms with van der Waals surface area (Å²) in [6.07, 6.45) is 8.28. The van der Waals surface area contributed by atoms with Crippen LogP contribution in [0.3, 0.4) is 0 Å². The molecule has 1 amide bonds. The molecule has 2 aromatic heterocycles. The highest BCUT2D eigenvalue weighted by Crippen LogP contribution is 2.24. The molecule has 59 heavy (non-hydrogen) atoms. The molecule has 7 N–H and O–H groups in total. The second kappa shape index (κ2) is 31.0. The number of esters is 1. The summed E-state index contributed by atoms with van der Waals surface area (Å²) in [6, 6.07) is 5.16. The molecule has 0 radical (unpaired) electrons. The topological polar surface area (TPSA) is 269 Å². The van der Waals surface area contributed by atoms with E-state index >= 15 is 0 Å². The molecule has 1 aromatic carbocycles. The lowest BCUT2D eigenvalue weighted by Gasteiger charge is -2.13. The summed E-state index contributed by atoms with van der Waals surface area (Å²) in [4.78, 5) is 36.4. The number of hydrogen-bond donors (Lipinski definition) is 5. The Bertz CT molecular complexity index is 1690. The summed E-state index contributed by atoms with van der Waals surface area (Å²) >= 11 is 0. The third kappa shape index (κ3) is 21.6. The maximum Gasteiger partial charge on any atom is 0.308 e. The number of ether oxygens (including phenoxy) is 9. The van der Waals surface area contributed by atoms with Crippen LogP contribution >= 0.6 is 0 Å². The molecular formula is C39H58N8O12. The number of amides is 1. The van der Waals surface area contributed by atoms with Crippen molar-refractivity contribution in [2.75, 3.05) is 142 Å². The zero-order valence-corrected chi connectivity index (χ0v) is 33.5. The van der Waals surface area contributed by atoms with Crippen LogP contribution in [0.2, 0.25) is 0 Å². The van der Waals surface area contributed by atoms with Crippen molar-refractivity contribution in [3.63, 3.8) is 0 Å². The van der Waals surface area contributed by atoms with Gasteiger partial charge >= 0.3 is 5.97 Å². The molecule has 3 aromatic rings. The molecule has 0 aliphatic heterocycles. The van der Waals surface area contributed by atoms with Gasteiger partial charge in [-0.1, -0.05) is 5.92 Å². The summed E-state index contributed by atoms with van der Waals surface area (Å²) in [5.74, 6) is 2.54. The van der Waals surface area contributed by atoms with Gasteiger partial charge in [0, 0.05) is 25.1 Å². The van der Waals surface area contributed by atoms with Crippen LogP contribution in [0.25, 0.3) is 11.1 Å². The highest BCUT2D eigenvalue weighted by Gasteiger charge is 2.17. The third-order valence-electron chi connectivity index (χ3n) is 7.87. The SMILES string of the molecule is C#CCOCCOCCOCCOCCC(=O)OCCOCCOCCOCCOCCC(=O)NCCCCNc1ncnc(N)c1C(=N)c1ccc2oc(N)nc2c1. The molecule has 20 nitrogen and oxygen atoms in total. The smallest absolute Gasteiger partial charge is 0.308 e. The lowest BCUT2D eigenvalue weighted by Crippen LogP contribution is -2.26. The van der Waals surface area contributed by atoms with Crippen molar-refractivity contribution >= 4 is 46.3 Å². The van der Waals surface area contributed by atoms with Crippen LogP contribution in [0.15, 0.2) is 28.9 Å². The number of anilines is 3. The van der Waals surface area contributed by atoms with Crippen LogP contribution < -0.4 is 22.1 Å². The molecule has 0 fully saturated rings. The van der Waals surface area contributed by atoms with Gasteiger partial charge in [-0.05, 0) is 31.0 Å². The number of unbranched alkanes of at least 4 members (excludes halogenated alkanes) is 1. The fraction of sp³-hybridized carbons (Fsp3) is 0.590. The third-order valence-corrected chi connectivity index (χ3v) is 7.87. The maximum absolute atomic E-state index is 12.2. The van der Waals surface area contributed by atoms with Crippen molar-refractivity contribution in [3.8, 4) is 12.3 Å². The second-order valence-electron chi connectivity index (χ2n) is 12.3. The number of nitrogens with zero attached hydrogens (tertiary/aromatic N) is 3. The van der Waals surface area contributed by atoms with Crippen LogP contribution in [-0.2, 0) is 52.2 Å². The zero-order valence-electron chi connectivity index (χ0n) is 33.5. The first-order valence-electron chi connectivity index (χ1n) is 19.5. The minimum atomic E-state index is -0.360. The van der Waals surface area contributed by atoms with E-state index in [1.807, 2.05) is 0 Å². The zero-order chi connectivity index (χ0) is 42.2. The fourth-order valence-corrected chi connectivity index (χ4v) is 4.96. The molecular weight excluding hydrogens is 772 g/mol. The molecule has 2 heterocycles. The lowest BCUT2D eigenvalue weighted by molar-refractivity contribution is -0.146. The monoisotopic (exact) mass is 830 g/mol. The first kappa shape index (κ1) is 48.4. The van der Waals surface area contributed by atoms with Gasteiger partial charge in [-0.2, -0.15) is 4.98 Å². The summed E-state index contributed by atoms with van der Waals surface area (Å²) in [5.41, 5.74) is 13.9. The predicted octanol–water partition coefficient (Wildman–Crippen LogP) is 1.60. The van der Waals surface area contributed by atoms with E-state index in [2.05, 4.69) is 31.5 Å². The molecule has 0 aliphatic carbocycles. The minimum absolute atomic E-state index is 0.0488. The number of nitrogen functional groups attached to an aromatic ring is 2. The number of aromatic nitrogens is 3. The number of carbonyl (C=O) groups excluding carboxylic acids is 2. The molecule has 326 valence electrons. The molecule has 0 saturated carbocycles. The van der Waals surface area contributed by atoms with E-state index in [1.54, 1.807) is 18.2 Å². The summed E-state index contributed by atoms with van der Waals surface area (Å²) in [7, 11) is 0. The number of hydrogen-bond acceptors (Lipinski definition) is 19. The van der Waals surface area contributed by atoms with Crippen molar-refractivity contribution in [2.24, 2.45) is 0 Å². The highest BCUT2D eigenvalue weighted by atomic mass is 16.6. The number of rotatable bonds is 36. The maximum atomic E-state index is 12.2. The van der Waals surface area contributed by atoms with Gasteiger partial charge in [-0.3, -0.25) is 15.0 Å². The fourth-order valence-electron chi connectivity index (χ4n) is 4.96. The van der Waals surface area contributed by atoms with E-state index in [4.69, 9.17) is 70.3 Å². The number of nitrogens with one attached hydrogen (secondary N) is 3. The standard InChI is InChI=1S/C39H58N8O12/c1-2-11-50-14-17-53-20-21-55-19-16-52-13-8-34(49)58-27-26-57-25-24-56-23-22-54-18-15-51-12-7-33(48)43-9-3-4-10-44-38-35(37(41)45-29-46-38)36(40)30-5-6-32-31(28-30)47-39(42)59-32/h1,5-6,28-29,40H,3-4,7-27H2,(H2,42,47)(H,43,48)(H3,41,44,45,46). The Morgan fingerprint density at radius 2 is 1.29 bits per heavy atom. The van der Waals surface area contributed by atoms with Crippen LogP contribution in [0.4, 0.5) is 17.7 Å². The van der Waals surface area contributed by atoms with E-state index in [-0.39, 0.29) is 75.3 Å². The molecule has 0 unspecified atom stereocenters. The van der Waals surface area contributed by atoms with Gasteiger partial charge in [0.1, 0.15) is 36.7 Å². The summed E-state index contributed by atoms with van der Waals surface area (Å²) < 4.78 is 53.4. The Hall–Kier alpha value is -4.98. The molecule has 0 aliphatic rings. The Kier molecular flexibility index (Phi) is 25.4. The first-order chi connectivity index (χ1) is 28.9. The number of oxazole rings is 1. The molecule has 0 spiro atoms. The van der Waals surface area contributed by atoms with Crippen molar-refractivity contribution in [3.05, 3.63) is 35.7 Å². The molecule has 0 atom stereocenters. The molecule has 0 saturated heterocycles.